The molecule has 0 aromatic carbocycles. The van der Waals surface area contributed by atoms with Gasteiger partial charge in [-0.25, -0.2) is 0 Å². The Balaban J connectivity index is 1.35. The van der Waals surface area contributed by atoms with Crippen molar-refractivity contribution in [3.05, 3.63) is 30.2 Å². The molecule has 3 atom stereocenters. The summed E-state index contributed by atoms with van der Waals surface area (Å²) in [5, 5.41) is 11.2. The molecule has 0 radical (unpaired) electrons. The Bertz CT molecular complexity index is 665. The van der Waals surface area contributed by atoms with E-state index in [9.17, 15) is 4.79 Å². The van der Waals surface area contributed by atoms with Crippen LogP contribution in [-0.2, 0) is 11.3 Å². The molecule has 0 aliphatic heterocycles. The van der Waals surface area contributed by atoms with Gasteiger partial charge in [-0.15, -0.1) is 10.2 Å². The monoisotopic (exact) mass is 284 g/mol. The Kier molecular flexibility index (Phi) is 3.13. The SMILES string of the molecule is O=C(CC1CC2CCC1C2)NCc1nnc2ccccn12. The molecule has 2 aliphatic rings. The van der Waals surface area contributed by atoms with E-state index in [1.54, 1.807) is 0 Å². The highest BCUT2D eigenvalue weighted by atomic mass is 16.1. The summed E-state index contributed by atoms with van der Waals surface area (Å²) in [5.41, 5.74) is 0.815. The van der Waals surface area contributed by atoms with E-state index in [-0.39, 0.29) is 5.91 Å². The third kappa shape index (κ3) is 2.41. The zero-order valence-corrected chi connectivity index (χ0v) is 12.0. The second-order valence-corrected chi connectivity index (χ2v) is 6.46. The zero-order chi connectivity index (χ0) is 14.2. The van der Waals surface area contributed by atoms with Crippen molar-refractivity contribution in [3.63, 3.8) is 0 Å². The van der Waals surface area contributed by atoms with Crippen molar-refractivity contribution in [3.8, 4) is 0 Å². The molecule has 2 saturated carbocycles. The predicted octanol–water partition coefficient (Wildman–Crippen LogP) is 2.17. The second-order valence-electron chi connectivity index (χ2n) is 6.46. The average Bonchev–Trinajstić information content (AvgIpc) is 3.20. The van der Waals surface area contributed by atoms with Crippen molar-refractivity contribution in [2.45, 2.75) is 38.6 Å². The summed E-state index contributed by atoms with van der Waals surface area (Å²) in [7, 11) is 0. The Morgan fingerprint density at radius 1 is 1.29 bits per heavy atom. The topological polar surface area (TPSA) is 59.3 Å². The first-order valence-electron chi connectivity index (χ1n) is 7.85. The third-order valence-electron chi connectivity index (χ3n) is 5.16. The lowest BCUT2D eigenvalue weighted by Crippen LogP contribution is -2.27. The van der Waals surface area contributed by atoms with Gasteiger partial charge in [-0.05, 0) is 49.1 Å². The van der Waals surface area contributed by atoms with Gasteiger partial charge in [-0.1, -0.05) is 12.5 Å². The summed E-state index contributed by atoms with van der Waals surface area (Å²) in [6.45, 7) is 0.449. The first kappa shape index (κ1) is 12.8. The summed E-state index contributed by atoms with van der Waals surface area (Å²) in [6, 6.07) is 5.78. The number of aromatic nitrogens is 3. The molecule has 1 amide bonds. The number of hydrogen-bond donors (Lipinski definition) is 1. The zero-order valence-electron chi connectivity index (χ0n) is 12.0. The van der Waals surface area contributed by atoms with Crippen LogP contribution >= 0.6 is 0 Å². The Hall–Kier alpha value is -1.91. The minimum atomic E-state index is 0.153. The number of carbonyl (C=O) groups excluding carboxylic acids is 1. The minimum absolute atomic E-state index is 0.153. The van der Waals surface area contributed by atoms with Gasteiger partial charge in [-0.2, -0.15) is 0 Å². The van der Waals surface area contributed by atoms with Crippen LogP contribution in [0.1, 0.15) is 37.9 Å². The molecule has 5 nitrogen and oxygen atoms in total. The largest absolute Gasteiger partial charge is 0.349 e. The van der Waals surface area contributed by atoms with Gasteiger partial charge < -0.3 is 5.32 Å². The van der Waals surface area contributed by atoms with E-state index in [0.29, 0.717) is 18.9 Å². The van der Waals surface area contributed by atoms with E-state index in [1.807, 2.05) is 28.8 Å². The maximum atomic E-state index is 12.1. The third-order valence-corrected chi connectivity index (χ3v) is 5.16. The lowest BCUT2D eigenvalue weighted by molar-refractivity contribution is -0.122. The summed E-state index contributed by atoms with van der Waals surface area (Å²) in [5.74, 6) is 3.24. The van der Waals surface area contributed by atoms with Crippen molar-refractivity contribution >= 4 is 11.6 Å². The van der Waals surface area contributed by atoms with Crippen LogP contribution in [-0.4, -0.2) is 20.5 Å². The normalized spacial score (nSPS) is 27.3. The first-order chi connectivity index (χ1) is 10.3. The van der Waals surface area contributed by atoms with E-state index in [0.717, 1.165) is 23.3 Å². The van der Waals surface area contributed by atoms with Crippen LogP contribution < -0.4 is 5.32 Å². The highest BCUT2D eigenvalue weighted by molar-refractivity contribution is 5.76. The molecule has 1 N–H and O–H groups in total. The van der Waals surface area contributed by atoms with Crippen molar-refractivity contribution < 1.29 is 4.79 Å². The van der Waals surface area contributed by atoms with Crippen LogP contribution in [0.15, 0.2) is 24.4 Å². The predicted molar refractivity (Wildman–Crippen MR) is 78.4 cm³/mol. The van der Waals surface area contributed by atoms with Gasteiger partial charge >= 0.3 is 0 Å². The fourth-order valence-corrected chi connectivity index (χ4v) is 4.13. The molecule has 2 heterocycles. The van der Waals surface area contributed by atoms with Crippen molar-refractivity contribution in [2.75, 3.05) is 0 Å². The molecular formula is C16H20N4O. The van der Waals surface area contributed by atoms with E-state index in [1.165, 1.54) is 25.7 Å². The molecule has 3 unspecified atom stereocenters. The first-order valence-corrected chi connectivity index (χ1v) is 7.85. The molecule has 2 aromatic rings. The average molecular weight is 284 g/mol. The number of rotatable bonds is 4. The lowest BCUT2D eigenvalue weighted by Gasteiger charge is -2.20. The summed E-state index contributed by atoms with van der Waals surface area (Å²) < 4.78 is 1.91. The molecular weight excluding hydrogens is 264 g/mol. The fourth-order valence-electron chi connectivity index (χ4n) is 4.13. The highest BCUT2D eigenvalue weighted by Crippen LogP contribution is 2.49. The Morgan fingerprint density at radius 2 is 2.24 bits per heavy atom. The minimum Gasteiger partial charge on any atom is -0.349 e. The van der Waals surface area contributed by atoms with Crippen molar-refractivity contribution in [1.29, 1.82) is 0 Å². The number of pyridine rings is 1. The molecule has 0 saturated heterocycles. The van der Waals surface area contributed by atoms with E-state index in [2.05, 4.69) is 15.5 Å². The number of fused-ring (bicyclic) bond motifs is 3. The quantitative estimate of drug-likeness (QED) is 0.936. The highest BCUT2D eigenvalue weighted by Gasteiger charge is 2.40. The van der Waals surface area contributed by atoms with Crippen LogP contribution in [0, 0.1) is 17.8 Å². The van der Waals surface area contributed by atoms with Gasteiger partial charge in [0.25, 0.3) is 0 Å². The Morgan fingerprint density at radius 3 is 3.05 bits per heavy atom. The number of nitrogens with one attached hydrogen (secondary N) is 1. The van der Waals surface area contributed by atoms with Gasteiger partial charge in [0.05, 0.1) is 6.54 Å². The molecule has 4 rings (SSSR count). The van der Waals surface area contributed by atoms with Crippen LogP contribution in [0.25, 0.3) is 5.65 Å². The molecule has 2 bridgehead atoms. The standard InChI is InChI=1S/C16H20N4O/c21-16(9-13-8-11-4-5-12(13)7-11)17-10-15-19-18-14-3-1-2-6-20(14)15/h1-3,6,11-13H,4-5,7-10H2,(H,17,21). The number of nitrogens with zero attached hydrogens (tertiary/aromatic N) is 3. The summed E-state index contributed by atoms with van der Waals surface area (Å²) in [4.78, 5) is 12.1. The van der Waals surface area contributed by atoms with E-state index < -0.39 is 0 Å². The summed E-state index contributed by atoms with van der Waals surface area (Å²) >= 11 is 0. The van der Waals surface area contributed by atoms with Gasteiger partial charge in [0, 0.05) is 12.6 Å². The van der Waals surface area contributed by atoms with Gasteiger partial charge in [0.1, 0.15) is 0 Å². The van der Waals surface area contributed by atoms with Crippen LogP contribution in [0.2, 0.25) is 0 Å². The molecule has 5 heteroatoms. The number of hydrogen-bond acceptors (Lipinski definition) is 3. The van der Waals surface area contributed by atoms with Gasteiger partial charge in [0.2, 0.25) is 5.91 Å². The lowest BCUT2D eigenvalue weighted by atomic mass is 9.86. The molecule has 21 heavy (non-hydrogen) atoms. The smallest absolute Gasteiger partial charge is 0.220 e. The number of amides is 1. The Labute approximate surface area is 123 Å². The van der Waals surface area contributed by atoms with Gasteiger partial charge in [0.15, 0.2) is 11.5 Å². The molecule has 2 aliphatic carbocycles. The molecule has 110 valence electrons. The van der Waals surface area contributed by atoms with Crippen LogP contribution in [0.4, 0.5) is 0 Å². The molecule has 0 spiro atoms. The second kappa shape index (κ2) is 5.13. The summed E-state index contributed by atoms with van der Waals surface area (Å²) in [6.07, 6.45) is 7.93. The fraction of sp³-hybridized carbons (Fsp3) is 0.562. The van der Waals surface area contributed by atoms with Gasteiger partial charge in [-0.3, -0.25) is 9.20 Å². The van der Waals surface area contributed by atoms with Crippen molar-refractivity contribution in [2.24, 2.45) is 17.8 Å². The molecule has 2 fully saturated rings. The van der Waals surface area contributed by atoms with Crippen LogP contribution in [0.3, 0.4) is 0 Å². The molecule has 2 aromatic heterocycles. The maximum Gasteiger partial charge on any atom is 0.220 e. The maximum absolute atomic E-state index is 12.1. The van der Waals surface area contributed by atoms with E-state index >= 15 is 0 Å². The van der Waals surface area contributed by atoms with Crippen molar-refractivity contribution in [1.82, 2.24) is 19.9 Å². The van der Waals surface area contributed by atoms with E-state index in [4.69, 9.17) is 0 Å². The van der Waals surface area contributed by atoms with Crippen LogP contribution in [0.5, 0.6) is 0 Å². The number of carbonyl (C=O) groups is 1.